The van der Waals surface area contributed by atoms with Crippen molar-refractivity contribution < 1.29 is 13.2 Å². The minimum atomic E-state index is -3.98. The van der Waals surface area contributed by atoms with Gasteiger partial charge in [0.15, 0.2) is 0 Å². The lowest BCUT2D eigenvalue weighted by atomic mass is 10.2. The van der Waals surface area contributed by atoms with Gasteiger partial charge in [-0.15, -0.1) is 0 Å². The highest BCUT2D eigenvalue weighted by Gasteiger charge is 2.21. The van der Waals surface area contributed by atoms with Crippen LogP contribution in [0.25, 0.3) is 0 Å². The van der Waals surface area contributed by atoms with E-state index in [2.05, 4.69) is 9.71 Å². The number of hydrogen-bond acceptors (Lipinski definition) is 6. The van der Waals surface area contributed by atoms with Crippen LogP contribution in [0, 0.1) is 11.3 Å². The minimum Gasteiger partial charge on any atom is -0.495 e. The first kappa shape index (κ1) is 14.6. The number of pyridine rings is 1. The topological polar surface area (TPSA) is 118 Å². The van der Waals surface area contributed by atoms with Crippen molar-refractivity contribution in [3.05, 3.63) is 42.1 Å². The maximum Gasteiger partial charge on any atom is 0.265 e. The Bertz CT molecular complexity index is 812. The van der Waals surface area contributed by atoms with Crippen LogP contribution < -0.4 is 15.2 Å². The van der Waals surface area contributed by atoms with E-state index >= 15 is 0 Å². The lowest BCUT2D eigenvalue weighted by Crippen LogP contribution is -2.16. The van der Waals surface area contributed by atoms with Crippen molar-refractivity contribution in [3.63, 3.8) is 0 Å². The van der Waals surface area contributed by atoms with E-state index in [4.69, 9.17) is 15.7 Å². The highest BCUT2D eigenvalue weighted by atomic mass is 32.2. The second-order valence-electron chi connectivity index (χ2n) is 3.99. The SMILES string of the molecule is COc1cccc(C#N)c1NS(=O)(=O)c1cccnc1N. The van der Waals surface area contributed by atoms with E-state index in [0.717, 1.165) is 0 Å². The van der Waals surface area contributed by atoms with Gasteiger partial charge in [0.1, 0.15) is 28.2 Å². The number of benzene rings is 1. The summed E-state index contributed by atoms with van der Waals surface area (Å²) in [5, 5.41) is 9.08. The molecule has 0 atom stereocenters. The molecule has 0 amide bonds. The number of methoxy groups -OCH3 is 1. The van der Waals surface area contributed by atoms with Crippen LogP contribution >= 0.6 is 0 Å². The van der Waals surface area contributed by atoms with Crippen LogP contribution in [0.3, 0.4) is 0 Å². The summed E-state index contributed by atoms with van der Waals surface area (Å²) in [4.78, 5) is 3.57. The van der Waals surface area contributed by atoms with E-state index in [1.165, 1.54) is 31.5 Å². The van der Waals surface area contributed by atoms with E-state index in [-0.39, 0.29) is 27.7 Å². The molecule has 0 aliphatic heterocycles. The summed E-state index contributed by atoms with van der Waals surface area (Å²) in [5.41, 5.74) is 5.78. The second-order valence-corrected chi connectivity index (χ2v) is 5.64. The number of nitrogens with zero attached hydrogens (tertiary/aromatic N) is 2. The van der Waals surface area contributed by atoms with Gasteiger partial charge in [-0.25, -0.2) is 13.4 Å². The zero-order valence-corrected chi connectivity index (χ0v) is 11.9. The number of para-hydroxylation sites is 1. The van der Waals surface area contributed by atoms with Crippen LogP contribution in [-0.4, -0.2) is 20.5 Å². The Labute approximate surface area is 122 Å². The molecule has 0 aliphatic carbocycles. The molecule has 1 aromatic carbocycles. The molecule has 0 radical (unpaired) electrons. The fourth-order valence-corrected chi connectivity index (χ4v) is 2.89. The van der Waals surface area contributed by atoms with Crippen LogP contribution in [-0.2, 0) is 10.0 Å². The third kappa shape index (κ3) is 2.88. The van der Waals surface area contributed by atoms with E-state index in [9.17, 15) is 8.42 Å². The molecular formula is C13H12N4O3S. The van der Waals surface area contributed by atoms with Crippen molar-refractivity contribution >= 4 is 21.5 Å². The Morgan fingerprint density at radius 1 is 1.33 bits per heavy atom. The van der Waals surface area contributed by atoms with Gasteiger partial charge in [-0.05, 0) is 24.3 Å². The third-order valence-electron chi connectivity index (χ3n) is 2.69. The number of nitrogens with one attached hydrogen (secondary N) is 1. The Kier molecular flexibility index (Phi) is 3.95. The van der Waals surface area contributed by atoms with Gasteiger partial charge in [0, 0.05) is 6.20 Å². The minimum absolute atomic E-state index is 0.0609. The molecule has 8 heteroatoms. The average Bonchev–Trinajstić information content (AvgIpc) is 2.47. The van der Waals surface area contributed by atoms with Crippen molar-refractivity contribution in [2.75, 3.05) is 17.6 Å². The lowest BCUT2D eigenvalue weighted by Gasteiger charge is -2.13. The van der Waals surface area contributed by atoms with E-state index < -0.39 is 10.0 Å². The first-order valence-electron chi connectivity index (χ1n) is 5.80. The summed E-state index contributed by atoms with van der Waals surface area (Å²) >= 11 is 0. The van der Waals surface area contributed by atoms with Crippen molar-refractivity contribution in [1.29, 1.82) is 5.26 Å². The third-order valence-corrected chi connectivity index (χ3v) is 4.09. The summed E-state index contributed by atoms with van der Waals surface area (Å²) in [7, 11) is -2.60. The summed E-state index contributed by atoms with van der Waals surface area (Å²) in [6.45, 7) is 0. The lowest BCUT2D eigenvalue weighted by molar-refractivity contribution is 0.417. The molecule has 2 aromatic rings. The molecule has 0 spiro atoms. The van der Waals surface area contributed by atoms with Gasteiger partial charge in [0.2, 0.25) is 0 Å². The van der Waals surface area contributed by atoms with E-state index in [0.29, 0.717) is 0 Å². The molecule has 0 saturated carbocycles. The number of nitrogen functional groups attached to an aromatic ring is 1. The number of nitriles is 1. The summed E-state index contributed by atoms with van der Waals surface area (Å²) in [6.07, 6.45) is 1.39. The molecule has 0 fully saturated rings. The summed E-state index contributed by atoms with van der Waals surface area (Å²) in [6, 6.07) is 9.30. The van der Waals surface area contributed by atoms with Gasteiger partial charge in [0.25, 0.3) is 10.0 Å². The molecular weight excluding hydrogens is 292 g/mol. The van der Waals surface area contributed by atoms with Crippen LogP contribution in [0.1, 0.15) is 5.56 Å². The van der Waals surface area contributed by atoms with Crippen molar-refractivity contribution in [3.8, 4) is 11.8 Å². The Morgan fingerprint density at radius 2 is 2.10 bits per heavy atom. The smallest absolute Gasteiger partial charge is 0.265 e. The van der Waals surface area contributed by atoms with Crippen LogP contribution in [0.2, 0.25) is 0 Å². The van der Waals surface area contributed by atoms with Crippen molar-refractivity contribution in [2.24, 2.45) is 0 Å². The molecule has 0 bridgehead atoms. The van der Waals surface area contributed by atoms with Crippen molar-refractivity contribution in [2.45, 2.75) is 4.90 Å². The van der Waals surface area contributed by atoms with Crippen molar-refractivity contribution in [1.82, 2.24) is 4.98 Å². The maximum absolute atomic E-state index is 12.4. The van der Waals surface area contributed by atoms with E-state index in [1.54, 1.807) is 12.1 Å². The summed E-state index contributed by atoms with van der Waals surface area (Å²) in [5.74, 6) is 0.110. The molecule has 3 N–H and O–H groups in total. The number of sulfonamides is 1. The number of ether oxygens (including phenoxy) is 1. The fourth-order valence-electron chi connectivity index (χ4n) is 1.72. The molecule has 0 unspecified atom stereocenters. The number of anilines is 2. The fraction of sp³-hybridized carbons (Fsp3) is 0.0769. The van der Waals surface area contributed by atoms with Gasteiger partial charge in [-0.2, -0.15) is 5.26 Å². The molecule has 2 rings (SSSR count). The molecule has 0 saturated heterocycles. The van der Waals surface area contributed by atoms with Gasteiger partial charge in [-0.3, -0.25) is 4.72 Å². The second kappa shape index (κ2) is 5.68. The maximum atomic E-state index is 12.4. The van der Waals surface area contributed by atoms with Gasteiger partial charge in [0.05, 0.1) is 12.7 Å². The monoisotopic (exact) mass is 304 g/mol. The zero-order chi connectivity index (χ0) is 15.5. The number of rotatable bonds is 4. The average molecular weight is 304 g/mol. The Hall–Kier alpha value is -2.79. The molecule has 108 valence electrons. The normalized spacial score (nSPS) is 10.7. The summed E-state index contributed by atoms with van der Waals surface area (Å²) < 4.78 is 32.1. The zero-order valence-electron chi connectivity index (χ0n) is 11.1. The number of aromatic nitrogens is 1. The number of hydrogen-bond donors (Lipinski definition) is 2. The molecule has 1 aromatic heterocycles. The van der Waals surface area contributed by atoms with Crippen LogP contribution in [0.5, 0.6) is 5.75 Å². The molecule has 21 heavy (non-hydrogen) atoms. The predicted octanol–water partition coefficient (Wildman–Crippen LogP) is 1.34. The largest absolute Gasteiger partial charge is 0.495 e. The van der Waals surface area contributed by atoms with Crippen LogP contribution in [0.4, 0.5) is 11.5 Å². The molecule has 1 heterocycles. The first-order valence-corrected chi connectivity index (χ1v) is 7.28. The highest BCUT2D eigenvalue weighted by Crippen LogP contribution is 2.30. The highest BCUT2D eigenvalue weighted by molar-refractivity contribution is 7.92. The van der Waals surface area contributed by atoms with Crippen LogP contribution in [0.15, 0.2) is 41.4 Å². The van der Waals surface area contributed by atoms with Gasteiger partial charge >= 0.3 is 0 Å². The Balaban J connectivity index is 2.52. The first-order chi connectivity index (χ1) is 9.99. The standard InChI is InChI=1S/C13H12N4O3S/c1-20-10-5-2-4-9(8-14)12(10)17-21(18,19)11-6-3-7-16-13(11)15/h2-7,17H,1H3,(H2,15,16). The van der Waals surface area contributed by atoms with Gasteiger partial charge < -0.3 is 10.5 Å². The number of nitrogens with two attached hydrogens (primary N) is 1. The van der Waals surface area contributed by atoms with Gasteiger partial charge in [-0.1, -0.05) is 6.07 Å². The predicted molar refractivity (Wildman–Crippen MR) is 77.2 cm³/mol. The molecule has 0 aliphatic rings. The van der Waals surface area contributed by atoms with E-state index in [1.807, 2.05) is 6.07 Å². The quantitative estimate of drug-likeness (QED) is 0.880. The Morgan fingerprint density at radius 3 is 2.71 bits per heavy atom. The molecule has 7 nitrogen and oxygen atoms in total.